The largest absolute Gasteiger partial charge is 0.379 e. The number of nitrogens with zero attached hydrogens (tertiary/aromatic N) is 3. The molecule has 2 saturated heterocycles. The third kappa shape index (κ3) is 3.85. The number of rotatable bonds is 5. The second-order valence-electron chi connectivity index (χ2n) is 8.04. The summed E-state index contributed by atoms with van der Waals surface area (Å²) in [6.45, 7) is 5.48. The molecule has 5 nitrogen and oxygen atoms in total. The third-order valence-corrected chi connectivity index (χ3v) is 6.25. The molecule has 1 aromatic rings. The fraction of sp³-hybridized carbons (Fsp3) is 0.650. The second kappa shape index (κ2) is 7.37. The van der Waals surface area contributed by atoms with Crippen LogP contribution in [-0.4, -0.2) is 72.2 Å². The van der Waals surface area contributed by atoms with Crippen molar-refractivity contribution in [3.8, 4) is 0 Å². The average molecular weight is 378 g/mol. The predicted octanol–water partition coefficient (Wildman–Crippen LogP) is 2.23. The number of hydrogen-bond donors (Lipinski definition) is 1. The molecule has 2 aliphatic heterocycles. The monoisotopic (exact) mass is 377 g/mol. The number of carbonyl (C=O) groups excluding carboxylic acids is 1. The van der Waals surface area contributed by atoms with Crippen molar-refractivity contribution in [3.05, 3.63) is 29.3 Å². The van der Waals surface area contributed by atoms with Gasteiger partial charge in [0.25, 0.3) is 5.91 Å². The highest BCUT2D eigenvalue weighted by Gasteiger charge is 2.44. The molecule has 0 radical (unpaired) electrons. The van der Waals surface area contributed by atoms with E-state index in [-0.39, 0.29) is 5.91 Å². The highest BCUT2D eigenvalue weighted by atomic mass is 35.5. The number of benzene rings is 1. The minimum absolute atomic E-state index is 0.0517. The number of likely N-dealkylation sites (tertiary alicyclic amines) is 1. The number of β-amino-alcohol motifs (C(OH)–C–C–N with tert-alkyl or cyclic N) is 1. The Morgan fingerprint density at radius 1 is 1.12 bits per heavy atom. The van der Waals surface area contributed by atoms with E-state index in [1.54, 1.807) is 0 Å². The summed E-state index contributed by atoms with van der Waals surface area (Å²) in [4.78, 5) is 19.3. The van der Waals surface area contributed by atoms with Crippen molar-refractivity contribution >= 4 is 23.2 Å². The van der Waals surface area contributed by atoms with E-state index in [0.29, 0.717) is 18.9 Å². The van der Waals surface area contributed by atoms with Crippen molar-refractivity contribution in [3.63, 3.8) is 0 Å². The lowest BCUT2D eigenvalue weighted by molar-refractivity contribution is -0.159. The lowest BCUT2D eigenvalue weighted by atomic mass is 9.90. The van der Waals surface area contributed by atoms with E-state index in [9.17, 15) is 9.90 Å². The molecular formula is C20H28ClN3O2. The summed E-state index contributed by atoms with van der Waals surface area (Å²) >= 11 is 6.31. The van der Waals surface area contributed by atoms with Gasteiger partial charge in [0, 0.05) is 45.8 Å². The first kappa shape index (κ1) is 18.1. The summed E-state index contributed by atoms with van der Waals surface area (Å²) in [7, 11) is 0. The van der Waals surface area contributed by atoms with Crippen LogP contribution in [0.2, 0.25) is 5.02 Å². The van der Waals surface area contributed by atoms with Crippen molar-refractivity contribution < 1.29 is 9.90 Å². The van der Waals surface area contributed by atoms with Gasteiger partial charge in [0.2, 0.25) is 0 Å². The topological polar surface area (TPSA) is 47.0 Å². The molecule has 0 unspecified atom stereocenters. The van der Waals surface area contributed by atoms with Gasteiger partial charge in [-0.05, 0) is 43.7 Å². The molecule has 1 aliphatic carbocycles. The second-order valence-corrected chi connectivity index (χ2v) is 8.45. The van der Waals surface area contributed by atoms with E-state index in [2.05, 4.69) is 9.80 Å². The summed E-state index contributed by atoms with van der Waals surface area (Å²) in [6.07, 6.45) is 3.94. The standard InChI is InChI=1S/C20H28ClN3O2/c21-17-4-1-2-5-18(17)23-12-10-22(11-13-23)15-20(26)8-3-9-24(19(20)25)14-16-6-7-16/h1-2,4-5,16,26H,3,6-15H2/t20-/m1/s1. The minimum Gasteiger partial charge on any atom is -0.379 e. The van der Waals surface area contributed by atoms with Gasteiger partial charge < -0.3 is 14.9 Å². The van der Waals surface area contributed by atoms with Crippen LogP contribution in [-0.2, 0) is 4.79 Å². The van der Waals surface area contributed by atoms with Gasteiger partial charge in [0.05, 0.1) is 10.7 Å². The molecule has 142 valence electrons. The first-order valence-corrected chi connectivity index (χ1v) is 10.2. The number of hydrogen-bond acceptors (Lipinski definition) is 4. The van der Waals surface area contributed by atoms with Gasteiger partial charge >= 0.3 is 0 Å². The summed E-state index contributed by atoms with van der Waals surface area (Å²) < 4.78 is 0. The number of piperazine rings is 1. The highest BCUT2D eigenvalue weighted by molar-refractivity contribution is 6.33. The van der Waals surface area contributed by atoms with E-state index >= 15 is 0 Å². The van der Waals surface area contributed by atoms with Crippen molar-refractivity contribution in [1.82, 2.24) is 9.80 Å². The summed E-state index contributed by atoms with van der Waals surface area (Å²) in [5.74, 6) is 0.615. The zero-order valence-electron chi connectivity index (χ0n) is 15.2. The summed E-state index contributed by atoms with van der Waals surface area (Å²) in [5, 5.41) is 11.8. The lowest BCUT2D eigenvalue weighted by Gasteiger charge is -2.43. The summed E-state index contributed by atoms with van der Waals surface area (Å²) in [5.41, 5.74) is -0.142. The van der Waals surface area contributed by atoms with Crippen LogP contribution in [0.5, 0.6) is 0 Å². The van der Waals surface area contributed by atoms with Crippen LogP contribution in [0.1, 0.15) is 25.7 Å². The number of anilines is 1. The maximum atomic E-state index is 12.8. The zero-order valence-corrected chi connectivity index (χ0v) is 16.0. The van der Waals surface area contributed by atoms with E-state index < -0.39 is 5.60 Å². The Kier molecular flexibility index (Phi) is 5.13. The van der Waals surface area contributed by atoms with Gasteiger partial charge in [0.15, 0.2) is 5.60 Å². The smallest absolute Gasteiger partial charge is 0.255 e. The molecule has 1 saturated carbocycles. The van der Waals surface area contributed by atoms with Gasteiger partial charge in [-0.25, -0.2) is 0 Å². The van der Waals surface area contributed by atoms with Gasteiger partial charge in [-0.1, -0.05) is 23.7 Å². The van der Waals surface area contributed by atoms with Gasteiger partial charge in [-0.3, -0.25) is 9.69 Å². The first-order chi connectivity index (χ1) is 12.5. The van der Waals surface area contributed by atoms with Gasteiger partial charge in [-0.15, -0.1) is 0 Å². The molecule has 3 aliphatic rings. The molecule has 1 atom stereocenters. The number of aliphatic hydroxyl groups is 1. The van der Waals surface area contributed by atoms with E-state index in [0.717, 1.165) is 56.4 Å². The van der Waals surface area contributed by atoms with Gasteiger partial charge in [0.1, 0.15) is 0 Å². The van der Waals surface area contributed by atoms with E-state index in [1.807, 2.05) is 29.2 Å². The molecule has 1 amide bonds. The Morgan fingerprint density at radius 2 is 1.85 bits per heavy atom. The SMILES string of the molecule is O=C1N(CC2CC2)CCC[C@@]1(O)CN1CCN(c2ccccc2Cl)CC1. The molecule has 0 aromatic heterocycles. The molecule has 26 heavy (non-hydrogen) atoms. The Morgan fingerprint density at radius 3 is 2.54 bits per heavy atom. The first-order valence-electron chi connectivity index (χ1n) is 9.79. The Labute approximate surface area is 160 Å². The third-order valence-electron chi connectivity index (χ3n) is 5.93. The molecule has 0 bridgehead atoms. The molecule has 6 heteroatoms. The molecule has 1 aromatic carbocycles. The number of halogens is 1. The molecule has 2 heterocycles. The molecular weight excluding hydrogens is 350 g/mol. The minimum atomic E-state index is -1.21. The number of para-hydroxylation sites is 1. The summed E-state index contributed by atoms with van der Waals surface area (Å²) in [6, 6.07) is 7.91. The fourth-order valence-electron chi connectivity index (χ4n) is 4.22. The Bertz CT molecular complexity index is 658. The van der Waals surface area contributed by atoms with Crippen LogP contribution in [0, 0.1) is 5.92 Å². The van der Waals surface area contributed by atoms with Crippen LogP contribution in [0.25, 0.3) is 0 Å². The van der Waals surface area contributed by atoms with Crippen LogP contribution in [0.4, 0.5) is 5.69 Å². The van der Waals surface area contributed by atoms with Crippen LogP contribution < -0.4 is 4.90 Å². The lowest BCUT2D eigenvalue weighted by Crippen LogP contribution is -2.60. The van der Waals surface area contributed by atoms with Crippen LogP contribution >= 0.6 is 11.6 Å². The quantitative estimate of drug-likeness (QED) is 0.854. The van der Waals surface area contributed by atoms with Crippen molar-refractivity contribution in [2.24, 2.45) is 5.92 Å². The number of carbonyl (C=O) groups is 1. The van der Waals surface area contributed by atoms with Crippen molar-refractivity contribution in [2.45, 2.75) is 31.3 Å². The zero-order chi connectivity index (χ0) is 18.1. The predicted molar refractivity (Wildman–Crippen MR) is 104 cm³/mol. The normalized spacial score (nSPS) is 27.8. The van der Waals surface area contributed by atoms with Crippen molar-refractivity contribution in [2.75, 3.05) is 50.7 Å². The van der Waals surface area contributed by atoms with Crippen LogP contribution in [0.3, 0.4) is 0 Å². The van der Waals surface area contributed by atoms with Gasteiger partial charge in [-0.2, -0.15) is 0 Å². The fourth-order valence-corrected chi connectivity index (χ4v) is 4.48. The van der Waals surface area contributed by atoms with Crippen LogP contribution in [0.15, 0.2) is 24.3 Å². The molecule has 3 fully saturated rings. The average Bonchev–Trinajstić information content (AvgIpc) is 3.45. The highest BCUT2D eigenvalue weighted by Crippen LogP contribution is 2.33. The molecule has 1 N–H and O–H groups in total. The Hall–Kier alpha value is -1.30. The Balaban J connectivity index is 1.34. The maximum Gasteiger partial charge on any atom is 0.255 e. The number of amides is 1. The molecule has 0 spiro atoms. The van der Waals surface area contributed by atoms with E-state index in [1.165, 1.54) is 12.8 Å². The maximum absolute atomic E-state index is 12.8. The van der Waals surface area contributed by atoms with E-state index in [4.69, 9.17) is 11.6 Å². The molecule has 4 rings (SSSR count). The van der Waals surface area contributed by atoms with Crippen molar-refractivity contribution in [1.29, 1.82) is 0 Å². The number of piperidine rings is 1.